The molecule has 122 valence electrons. The second kappa shape index (κ2) is 6.40. The highest BCUT2D eigenvalue weighted by atomic mass is 32.2. The van der Waals surface area contributed by atoms with Crippen LogP contribution in [-0.2, 0) is 5.75 Å². The quantitative estimate of drug-likeness (QED) is 0.612. The summed E-state index contributed by atoms with van der Waals surface area (Å²) in [5.41, 5.74) is 3.04. The maximum Gasteiger partial charge on any atom is 0.192 e. The summed E-state index contributed by atoms with van der Waals surface area (Å²) in [6.07, 6.45) is 2.22. The largest absolute Gasteiger partial charge is 0.299 e. The summed E-state index contributed by atoms with van der Waals surface area (Å²) in [6.45, 7) is 2.08. The molecule has 0 bridgehead atoms. The van der Waals surface area contributed by atoms with Gasteiger partial charge in [-0.3, -0.25) is 4.57 Å². The number of nitrogens with zero attached hydrogens (tertiary/aromatic N) is 3. The Hall–Kier alpha value is -2.14. The SMILES string of the molecule is Cc1ccc(CSc2nnc(-c3ccccc3F)n2C2CC2)cc1. The van der Waals surface area contributed by atoms with Gasteiger partial charge in [0.1, 0.15) is 5.82 Å². The average Bonchev–Trinajstić information content (AvgIpc) is 3.35. The van der Waals surface area contributed by atoms with Crippen LogP contribution in [0, 0.1) is 12.7 Å². The number of rotatable bonds is 5. The Balaban J connectivity index is 1.62. The third-order valence-corrected chi connectivity index (χ3v) is 5.19. The summed E-state index contributed by atoms with van der Waals surface area (Å²) in [7, 11) is 0. The normalized spacial score (nSPS) is 14.1. The minimum Gasteiger partial charge on any atom is -0.299 e. The first kappa shape index (κ1) is 15.4. The summed E-state index contributed by atoms with van der Waals surface area (Å²) in [5, 5.41) is 9.50. The van der Waals surface area contributed by atoms with Crippen LogP contribution >= 0.6 is 11.8 Å². The molecule has 5 heteroatoms. The Morgan fingerprint density at radius 1 is 1.08 bits per heavy atom. The molecule has 4 rings (SSSR count). The highest BCUT2D eigenvalue weighted by Gasteiger charge is 2.30. The van der Waals surface area contributed by atoms with E-state index >= 15 is 0 Å². The second-order valence-electron chi connectivity index (χ2n) is 6.16. The lowest BCUT2D eigenvalue weighted by Crippen LogP contribution is -2.01. The zero-order chi connectivity index (χ0) is 16.5. The first-order valence-corrected chi connectivity index (χ1v) is 9.09. The summed E-state index contributed by atoms with van der Waals surface area (Å²) in [5.74, 6) is 1.23. The summed E-state index contributed by atoms with van der Waals surface area (Å²) in [4.78, 5) is 0. The lowest BCUT2D eigenvalue weighted by Gasteiger charge is -2.09. The number of benzene rings is 2. The van der Waals surface area contributed by atoms with Crippen LogP contribution in [0.4, 0.5) is 4.39 Å². The van der Waals surface area contributed by atoms with Crippen molar-refractivity contribution in [3.8, 4) is 11.4 Å². The number of halogens is 1. The standard InChI is InChI=1S/C19H18FN3S/c1-13-6-8-14(9-7-13)12-24-19-22-21-18(23(19)15-10-11-15)16-4-2-3-5-17(16)20/h2-9,15H,10-12H2,1H3. The molecule has 0 radical (unpaired) electrons. The third-order valence-electron chi connectivity index (χ3n) is 4.18. The van der Waals surface area contributed by atoms with E-state index in [0.29, 0.717) is 17.4 Å². The molecule has 1 heterocycles. The summed E-state index contributed by atoms with van der Waals surface area (Å²) >= 11 is 1.66. The van der Waals surface area contributed by atoms with E-state index < -0.39 is 0 Å². The van der Waals surface area contributed by atoms with Gasteiger partial charge < -0.3 is 0 Å². The maximum atomic E-state index is 14.1. The Morgan fingerprint density at radius 2 is 1.83 bits per heavy atom. The van der Waals surface area contributed by atoms with E-state index in [2.05, 4.69) is 46.0 Å². The van der Waals surface area contributed by atoms with Crippen LogP contribution < -0.4 is 0 Å². The smallest absolute Gasteiger partial charge is 0.192 e. The van der Waals surface area contributed by atoms with Crippen LogP contribution in [0.1, 0.15) is 30.0 Å². The first-order chi connectivity index (χ1) is 11.7. The van der Waals surface area contributed by atoms with Crippen molar-refractivity contribution < 1.29 is 4.39 Å². The molecule has 0 amide bonds. The van der Waals surface area contributed by atoms with Crippen molar-refractivity contribution >= 4 is 11.8 Å². The molecule has 1 aliphatic carbocycles. The molecule has 0 atom stereocenters. The van der Waals surface area contributed by atoms with Gasteiger partial charge in [0.2, 0.25) is 0 Å². The predicted octanol–water partition coefficient (Wildman–Crippen LogP) is 5.02. The van der Waals surface area contributed by atoms with Crippen LogP contribution in [0.25, 0.3) is 11.4 Å². The van der Waals surface area contributed by atoms with Crippen molar-refractivity contribution in [1.82, 2.24) is 14.8 Å². The average molecular weight is 339 g/mol. The van der Waals surface area contributed by atoms with Gasteiger partial charge in [0.25, 0.3) is 0 Å². The van der Waals surface area contributed by atoms with Crippen molar-refractivity contribution in [2.75, 3.05) is 0 Å². The van der Waals surface area contributed by atoms with Gasteiger partial charge in [-0.1, -0.05) is 53.7 Å². The van der Waals surface area contributed by atoms with Crippen molar-refractivity contribution in [1.29, 1.82) is 0 Å². The highest BCUT2D eigenvalue weighted by Crippen LogP contribution is 2.41. The predicted molar refractivity (Wildman–Crippen MR) is 94.4 cm³/mol. The zero-order valence-corrected chi connectivity index (χ0v) is 14.3. The fourth-order valence-electron chi connectivity index (χ4n) is 2.70. The van der Waals surface area contributed by atoms with Crippen molar-refractivity contribution in [2.24, 2.45) is 0 Å². The minimum atomic E-state index is -0.248. The van der Waals surface area contributed by atoms with E-state index in [1.807, 2.05) is 6.07 Å². The number of aromatic nitrogens is 3. The molecule has 1 aromatic heterocycles. The lowest BCUT2D eigenvalue weighted by molar-refractivity contribution is 0.622. The number of hydrogen-bond acceptors (Lipinski definition) is 3. The van der Waals surface area contributed by atoms with Gasteiger partial charge in [-0.2, -0.15) is 0 Å². The molecule has 24 heavy (non-hydrogen) atoms. The molecule has 0 saturated heterocycles. The van der Waals surface area contributed by atoms with Gasteiger partial charge in [-0.05, 0) is 37.5 Å². The van der Waals surface area contributed by atoms with Gasteiger partial charge in [0.15, 0.2) is 11.0 Å². The second-order valence-corrected chi connectivity index (χ2v) is 7.10. The van der Waals surface area contributed by atoms with Gasteiger partial charge >= 0.3 is 0 Å². The Labute approximate surface area is 144 Å². The topological polar surface area (TPSA) is 30.7 Å². The summed E-state index contributed by atoms with van der Waals surface area (Å²) < 4.78 is 16.3. The molecule has 1 saturated carbocycles. The fraction of sp³-hybridized carbons (Fsp3) is 0.263. The molecule has 3 nitrogen and oxygen atoms in total. The zero-order valence-electron chi connectivity index (χ0n) is 13.4. The third kappa shape index (κ3) is 3.08. The van der Waals surface area contributed by atoms with E-state index in [-0.39, 0.29) is 5.82 Å². The van der Waals surface area contributed by atoms with E-state index in [0.717, 1.165) is 23.8 Å². The van der Waals surface area contributed by atoms with Gasteiger partial charge in [-0.25, -0.2) is 4.39 Å². The van der Waals surface area contributed by atoms with Crippen LogP contribution in [0.5, 0.6) is 0 Å². The monoisotopic (exact) mass is 339 g/mol. The lowest BCUT2D eigenvalue weighted by atomic mass is 10.2. The molecular weight excluding hydrogens is 321 g/mol. The molecule has 1 aliphatic rings. The first-order valence-electron chi connectivity index (χ1n) is 8.10. The van der Waals surface area contributed by atoms with E-state index in [1.54, 1.807) is 23.9 Å². The molecule has 0 unspecified atom stereocenters. The van der Waals surface area contributed by atoms with Gasteiger partial charge in [0, 0.05) is 11.8 Å². The summed E-state index contributed by atoms with van der Waals surface area (Å²) in [6, 6.07) is 15.7. The highest BCUT2D eigenvalue weighted by molar-refractivity contribution is 7.98. The van der Waals surface area contributed by atoms with Gasteiger partial charge in [0.05, 0.1) is 5.56 Å². The molecule has 1 fully saturated rings. The Morgan fingerprint density at radius 3 is 2.54 bits per heavy atom. The van der Waals surface area contributed by atoms with Crippen molar-refractivity contribution in [3.63, 3.8) is 0 Å². The Bertz CT molecular complexity index is 853. The number of aryl methyl sites for hydroxylation is 1. The molecule has 2 aromatic carbocycles. The molecule has 3 aromatic rings. The van der Waals surface area contributed by atoms with Crippen molar-refractivity contribution in [2.45, 2.75) is 36.7 Å². The van der Waals surface area contributed by atoms with E-state index in [9.17, 15) is 4.39 Å². The molecule has 0 N–H and O–H groups in total. The molecule has 0 spiro atoms. The maximum absolute atomic E-state index is 14.1. The number of hydrogen-bond donors (Lipinski definition) is 0. The van der Waals surface area contributed by atoms with E-state index in [4.69, 9.17) is 0 Å². The minimum absolute atomic E-state index is 0.248. The van der Waals surface area contributed by atoms with Crippen molar-refractivity contribution in [3.05, 3.63) is 65.5 Å². The van der Waals surface area contributed by atoms with E-state index in [1.165, 1.54) is 17.2 Å². The van der Waals surface area contributed by atoms with Gasteiger partial charge in [-0.15, -0.1) is 10.2 Å². The Kier molecular flexibility index (Phi) is 4.10. The molecular formula is C19H18FN3S. The fourth-order valence-corrected chi connectivity index (χ4v) is 3.66. The van der Waals surface area contributed by atoms with Crippen LogP contribution in [0.3, 0.4) is 0 Å². The number of thioether (sulfide) groups is 1. The van der Waals surface area contributed by atoms with Crippen LogP contribution in [0.15, 0.2) is 53.7 Å². The van der Waals surface area contributed by atoms with Crippen LogP contribution in [0.2, 0.25) is 0 Å². The molecule has 0 aliphatic heterocycles. The van der Waals surface area contributed by atoms with Crippen LogP contribution in [-0.4, -0.2) is 14.8 Å².